The van der Waals surface area contributed by atoms with Crippen molar-refractivity contribution in [3.05, 3.63) is 77.9 Å². The molecular weight excluding hydrogens is 362 g/mol. The average Bonchev–Trinajstić information content (AvgIpc) is 3.30. The molecule has 2 aromatic carbocycles. The zero-order valence-corrected chi connectivity index (χ0v) is 16.8. The van der Waals surface area contributed by atoms with Crippen LogP contribution in [0.25, 0.3) is 5.69 Å². The second-order valence-electron chi connectivity index (χ2n) is 7.87. The van der Waals surface area contributed by atoms with Gasteiger partial charge in [0.25, 0.3) is 5.91 Å². The highest BCUT2D eigenvalue weighted by atomic mass is 16.1. The zero-order chi connectivity index (χ0) is 20.1. The summed E-state index contributed by atoms with van der Waals surface area (Å²) in [4.78, 5) is 15.0. The fourth-order valence-corrected chi connectivity index (χ4v) is 3.64. The molecule has 1 aliphatic rings. The van der Waals surface area contributed by atoms with Crippen molar-refractivity contribution in [2.45, 2.75) is 32.9 Å². The summed E-state index contributed by atoms with van der Waals surface area (Å²) < 4.78 is 1.80. The van der Waals surface area contributed by atoms with E-state index in [9.17, 15) is 4.79 Å². The number of amides is 1. The molecule has 6 heteroatoms. The fourth-order valence-electron chi connectivity index (χ4n) is 3.64. The maximum atomic E-state index is 12.4. The van der Waals surface area contributed by atoms with E-state index in [2.05, 4.69) is 51.6 Å². The van der Waals surface area contributed by atoms with Crippen LogP contribution in [0.3, 0.4) is 0 Å². The van der Waals surface area contributed by atoms with Crippen molar-refractivity contribution < 1.29 is 4.79 Å². The van der Waals surface area contributed by atoms with Crippen LogP contribution in [0, 0.1) is 5.92 Å². The van der Waals surface area contributed by atoms with Crippen molar-refractivity contribution in [1.82, 2.24) is 25.0 Å². The third-order valence-corrected chi connectivity index (χ3v) is 5.60. The van der Waals surface area contributed by atoms with E-state index in [-0.39, 0.29) is 5.91 Å². The van der Waals surface area contributed by atoms with Gasteiger partial charge in [-0.1, -0.05) is 31.2 Å². The number of nitrogens with zero attached hydrogens (tertiary/aromatic N) is 4. The summed E-state index contributed by atoms with van der Waals surface area (Å²) in [7, 11) is 0. The molecule has 29 heavy (non-hydrogen) atoms. The van der Waals surface area contributed by atoms with Crippen LogP contribution in [-0.2, 0) is 13.1 Å². The second kappa shape index (κ2) is 9.01. The molecule has 0 spiro atoms. The summed E-state index contributed by atoms with van der Waals surface area (Å²) >= 11 is 0. The summed E-state index contributed by atoms with van der Waals surface area (Å²) in [6.07, 6.45) is 5.85. The number of piperidine rings is 1. The Bertz CT molecular complexity index is 911. The highest BCUT2D eigenvalue weighted by Gasteiger charge is 2.15. The van der Waals surface area contributed by atoms with Crippen LogP contribution in [0.2, 0.25) is 0 Å². The molecule has 1 fully saturated rings. The Labute approximate surface area is 171 Å². The molecule has 2 heterocycles. The van der Waals surface area contributed by atoms with Gasteiger partial charge in [0.1, 0.15) is 12.7 Å². The number of carbonyl (C=O) groups excluding carboxylic acids is 1. The van der Waals surface area contributed by atoms with Gasteiger partial charge in [-0.05, 0) is 67.2 Å². The SMILES string of the molecule is CC1CCN(Cc2ccc(CNC(=O)c3ccc(-n4cnnc4)cc3)cc2)CC1. The molecule has 0 radical (unpaired) electrons. The number of nitrogens with one attached hydrogen (secondary N) is 1. The van der Waals surface area contributed by atoms with Crippen LogP contribution in [0.4, 0.5) is 0 Å². The lowest BCUT2D eigenvalue weighted by atomic mass is 9.99. The van der Waals surface area contributed by atoms with Gasteiger partial charge in [-0.2, -0.15) is 0 Å². The highest BCUT2D eigenvalue weighted by Crippen LogP contribution is 2.18. The molecule has 1 aromatic heterocycles. The van der Waals surface area contributed by atoms with Crippen LogP contribution in [0.1, 0.15) is 41.3 Å². The number of aromatic nitrogens is 3. The van der Waals surface area contributed by atoms with E-state index in [0.29, 0.717) is 12.1 Å². The summed E-state index contributed by atoms with van der Waals surface area (Å²) in [5.41, 5.74) is 4.00. The number of likely N-dealkylation sites (tertiary alicyclic amines) is 1. The van der Waals surface area contributed by atoms with Crippen molar-refractivity contribution in [3.63, 3.8) is 0 Å². The Morgan fingerprint density at radius 1 is 0.966 bits per heavy atom. The van der Waals surface area contributed by atoms with Gasteiger partial charge < -0.3 is 5.32 Å². The van der Waals surface area contributed by atoms with Gasteiger partial charge in [-0.25, -0.2) is 0 Å². The number of benzene rings is 2. The normalized spacial score (nSPS) is 15.3. The standard InChI is InChI=1S/C23H27N5O/c1-18-10-12-27(13-11-18)15-20-4-2-19(3-5-20)14-24-23(29)21-6-8-22(9-7-21)28-16-25-26-17-28/h2-9,16-18H,10-15H2,1H3,(H,24,29). The monoisotopic (exact) mass is 389 g/mol. The van der Waals surface area contributed by atoms with E-state index >= 15 is 0 Å². The first-order valence-corrected chi connectivity index (χ1v) is 10.2. The molecule has 0 aliphatic carbocycles. The third kappa shape index (κ3) is 5.09. The van der Waals surface area contributed by atoms with Crippen molar-refractivity contribution in [2.75, 3.05) is 13.1 Å². The minimum absolute atomic E-state index is 0.0770. The van der Waals surface area contributed by atoms with E-state index in [1.165, 1.54) is 31.5 Å². The van der Waals surface area contributed by atoms with Crippen LogP contribution in [0.15, 0.2) is 61.2 Å². The predicted octanol–water partition coefficient (Wildman–Crippen LogP) is 3.43. The second-order valence-corrected chi connectivity index (χ2v) is 7.87. The molecule has 1 saturated heterocycles. The van der Waals surface area contributed by atoms with Gasteiger partial charge in [0.15, 0.2) is 0 Å². The molecule has 1 aliphatic heterocycles. The molecule has 0 bridgehead atoms. The summed E-state index contributed by atoms with van der Waals surface area (Å²) in [6, 6.07) is 16.0. The topological polar surface area (TPSA) is 63.1 Å². The van der Waals surface area contributed by atoms with E-state index < -0.39 is 0 Å². The third-order valence-electron chi connectivity index (χ3n) is 5.60. The molecule has 3 aromatic rings. The minimum atomic E-state index is -0.0770. The van der Waals surface area contributed by atoms with Crippen molar-refractivity contribution >= 4 is 5.91 Å². The van der Waals surface area contributed by atoms with Gasteiger partial charge >= 0.3 is 0 Å². The predicted molar refractivity (Wildman–Crippen MR) is 113 cm³/mol. The number of hydrogen-bond acceptors (Lipinski definition) is 4. The van der Waals surface area contributed by atoms with Crippen LogP contribution >= 0.6 is 0 Å². The first-order valence-electron chi connectivity index (χ1n) is 10.2. The molecule has 1 N–H and O–H groups in total. The van der Waals surface area contributed by atoms with Gasteiger partial charge in [0.05, 0.1) is 0 Å². The molecule has 0 unspecified atom stereocenters. The zero-order valence-electron chi connectivity index (χ0n) is 16.8. The maximum absolute atomic E-state index is 12.4. The van der Waals surface area contributed by atoms with E-state index in [4.69, 9.17) is 0 Å². The largest absolute Gasteiger partial charge is 0.348 e. The van der Waals surface area contributed by atoms with Gasteiger partial charge in [0, 0.05) is 24.3 Å². The Balaban J connectivity index is 1.28. The van der Waals surface area contributed by atoms with Gasteiger partial charge in [-0.15, -0.1) is 10.2 Å². The van der Waals surface area contributed by atoms with Crippen molar-refractivity contribution in [1.29, 1.82) is 0 Å². The summed E-state index contributed by atoms with van der Waals surface area (Å²) in [6.45, 7) is 6.25. The number of rotatable bonds is 6. The Hall–Kier alpha value is -2.99. The first kappa shape index (κ1) is 19.3. The molecular formula is C23H27N5O. The summed E-state index contributed by atoms with van der Waals surface area (Å²) in [5, 5.41) is 10.6. The van der Waals surface area contributed by atoms with E-state index in [1.54, 1.807) is 17.2 Å². The number of carbonyl (C=O) groups is 1. The van der Waals surface area contributed by atoms with Crippen molar-refractivity contribution in [3.8, 4) is 5.69 Å². The molecule has 150 valence electrons. The molecule has 0 saturated carbocycles. The molecule has 4 rings (SSSR count). The lowest BCUT2D eigenvalue weighted by Gasteiger charge is -2.30. The van der Waals surface area contributed by atoms with Gasteiger partial charge in [-0.3, -0.25) is 14.3 Å². The van der Waals surface area contributed by atoms with Crippen LogP contribution in [-0.4, -0.2) is 38.7 Å². The lowest BCUT2D eigenvalue weighted by molar-refractivity contribution is 0.0951. The Morgan fingerprint density at radius 3 is 2.24 bits per heavy atom. The first-order chi connectivity index (χ1) is 14.2. The molecule has 1 amide bonds. The number of hydrogen-bond donors (Lipinski definition) is 1. The lowest BCUT2D eigenvalue weighted by Crippen LogP contribution is -2.32. The highest BCUT2D eigenvalue weighted by molar-refractivity contribution is 5.94. The van der Waals surface area contributed by atoms with E-state index in [1.807, 2.05) is 24.3 Å². The van der Waals surface area contributed by atoms with Crippen LogP contribution < -0.4 is 5.32 Å². The van der Waals surface area contributed by atoms with Gasteiger partial charge in [0.2, 0.25) is 0 Å². The average molecular weight is 390 g/mol. The molecule has 0 atom stereocenters. The van der Waals surface area contributed by atoms with E-state index in [0.717, 1.165) is 23.7 Å². The van der Waals surface area contributed by atoms with Crippen LogP contribution in [0.5, 0.6) is 0 Å². The maximum Gasteiger partial charge on any atom is 0.251 e. The smallest absolute Gasteiger partial charge is 0.251 e. The van der Waals surface area contributed by atoms with Crippen molar-refractivity contribution in [2.24, 2.45) is 5.92 Å². The quantitative estimate of drug-likeness (QED) is 0.702. The fraction of sp³-hybridized carbons (Fsp3) is 0.348. The Morgan fingerprint density at radius 2 is 1.59 bits per heavy atom. The Kier molecular flexibility index (Phi) is 6.00. The summed E-state index contributed by atoms with van der Waals surface area (Å²) in [5.74, 6) is 0.781. The minimum Gasteiger partial charge on any atom is -0.348 e. The molecule has 6 nitrogen and oxygen atoms in total.